The van der Waals surface area contributed by atoms with E-state index in [0.717, 1.165) is 57.0 Å². The number of thiophene rings is 1. The van der Waals surface area contributed by atoms with Crippen molar-refractivity contribution >= 4 is 52.1 Å². The summed E-state index contributed by atoms with van der Waals surface area (Å²) in [6, 6.07) is 3.11. The molecule has 1 saturated carbocycles. The van der Waals surface area contributed by atoms with Crippen molar-refractivity contribution in [3.63, 3.8) is 0 Å². The molecule has 2 aliphatic rings. The molecular weight excluding hydrogens is 503 g/mol. The number of guanidine groups is 1. The molecule has 0 radical (unpaired) electrons. The highest BCUT2D eigenvalue weighted by molar-refractivity contribution is 14.0. The van der Waals surface area contributed by atoms with Gasteiger partial charge >= 0.3 is 0 Å². The van der Waals surface area contributed by atoms with Crippen LogP contribution in [-0.4, -0.2) is 58.3 Å². The molecule has 1 aliphatic heterocycles. The molecule has 28 heavy (non-hydrogen) atoms. The van der Waals surface area contributed by atoms with Crippen molar-refractivity contribution in [1.29, 1.82) is 0 Å². The van der Waals surface area contributed by atoms with Crippen LogP contribution < -0.4 is 10.6 Å². The molecule has 3 rings (SSSR count). The smallest absolute Gasteiger partial charge is 0.191 e. The molecule has 5 nitrogen and oxygen atoms in total. The summed E-state index contributed by atoms with van der Waals surface area (Å²) >= 11 is 1.89. The predicted octanol–water partition coefficient (Wildman–Crippen LogP) is 3.36. The molecule has 4 unspecified atom stereocenters. The van der Waals surface area contributed by atoms with Crippen LogP contribution in [0.2, 0.25) is 0 Å². The molecule has 1 aliphatic carbocycles. The van der Waals surface area contributed by atoms with Crippen molar-refractivity contribution < 1.29 is 4.21 Å². The van der Waals surface area contributed by atoms with E-state index in [1.165, 1.54) is 12.0 Å². The zero-order chi connectivity index (χ0) is 19.2. The van der Waals surface area contributed by atoms with Gasteiger partial charge in [-0.15, -0.1) is 35.3 Å². The van der Waals surface area contributed by atoms with E-state index < -0.39 is 10.8 Å². The first kappa shape index (κ1) is 24.1. The second kappa shape index (κ2) is 11.9. The minimum atomic E-state index is -0.686. The van der Waals surface area contributed by atoms with E-state index in [1.807, 2.05) is 25.3 Å². The van der Waals surface area contributed by atoms with Gasteiger partial charge in [-0.1, -0.05) is 13.3 Å². The number of fused-ring (bicyclic) bond motifs is 1. The average molecular weight is 539 g/mol. The summed E-state index contributed by atoms with van der Waals surface area (Å²) in [7, 11) is 1.15. The number of hydrogen-bond donors (Lipinski definition) is 2. The fraction of sp³-hybridized carbons (Fsp3) is 0.750. The molecule has 4 atom stereocenters. The fourth-order valence-corrected chi connectivity index (χ4v) is 6.40. The molecule has 1 aromatic rings. The molecule has 0 amide bonds. The van der Waals surface area contributed by atoms with Crippen LogP contribution in [0.1, 0.15) is 50.0 Å². The van der Waals surface area contributed by atoms with Gasteiger partial charge in [0.25, 0.3) is 0 Å². The van der Waals surface area contributed by atoms with Crippen LogP contribution in [-0.2, 0) is 23.8 Å². The van der Waals surface area contributed by atoms with E-state index in [2.05, 4.69) is 38.9 Å². The fourth-order valence-electron chi connectivity index (χ4n) is 4.16. The number of rotatable bonds is 6. The Morgan fingerprint density at radius 3 is 3.04 bits per heavy atom. The summed E-state index contributed by atoms with van der Waals surface area (Å²) in [5, 5.41) is 9.64. The van der Waals surface area contributed by atoms with E-state index in [1.54, 1.807) is 4.88 Å². The van der Waals surface area contributed by atoms with E-state index in [0.29, 0.717) is 17.3 Å². The molecule has 0 spiro atoms. The molecule has 0 bridgehead atoms. The summed E-state index contributed by atoms with van der Waals surface area (Å²) in [4.78, 5) is 8.53. The first-order valence-corrected chi connectivity index (χ1v) is 12.5. The third-order valence-corrected chi connectivity index (χ3v) is 8.64. The lowest BCUT2D eigenvalue weighted by Gasteiger charge is -2.33. The summed E-state index contributed by atoms with van der Waals surface area (Å²) < 4.78 is 12.2. The summed E-state index contributed by atoms with van der Waals surface area (Å²) in [5.41, 5.74) is 1.50. The molecule has 160 valence electrons. The molecule has 8 heteroatoms. The van der Waals surface area contributed by atoms with Crippen LogP contribution in [0.3, 0.4) is 0 Å². The maximum Gasteiger partial charge on any atom is 0.191 e. The second-order valence-electron chi connectivity index (χ2n) is 7.69. The lowest BCUT2D eigenvalue weighted by atomic mass is 9.95. The molecule has 1 fully saturated rings. The molecule has 2 heterocycles. The van der Waals surface area contributed by atoms with Gasteiger partial charge < -0.3 is 10.6 Å². The second-order valence-corrected chi connectivity index (χ2v) is 10.7. The number of halogens is 1. The normalized spacial score (nSPS) is 25.3. The third kappa shape index (κ3) is 6.40. The molecule has 0 saturated heterocycles. The van der Waals surface area contributed by atoms with E-state index >= 15 is 0 Å². The number of hydrogen-bond acceptors (Lipinski definition) is 4. The minimum absolute atomic E-state index is 0. The van der Waals surface area contributed by atoms with E-state index in [9.17, 15) is 4.21 Å². The van der Waals surface area contributed by atoms with Crippen LogP contribution in [0.25, 0.3) is 0 Å². The number of nitrogens with zero attached hydrogens (tertiary/aromatic N) is 2. The van der Waals surface area contributed by atoms with Crippen molar-refractivity contribution in [2.75, 3.05) is 25.9 Å². The van der Waals surface area contributed by atoms with Gasteiger partial charge in [0.2, 0.25) is 0 Å². The summed E-state index contributed by atoms with van der Waals surface area (Å²) in [6.07, 6.45) is 5.55. The van der Waals surface area contributed by atoms with Gasteiger partial charge in [-0.05, 0) is 49.6 Å². The highest BCUT2D eigenvalue weighted by Gasteiger charge is 2.26. The Morgan fingerprint density at radius 1 is 1.46 bits per heavy atom. The van der Waals surface area contributed by atoms with Gasteiger partial charge in [0, 0.05) is 65.4 Å². The van der Waals surface area contributed by atoms with Crippen LogP contribution in [0, 0.1) is 0 Å². The Labute approximate surface area is 193 Å². The Bertz CT molecular complexity index is 666. The maximum absolute atomic E-state index is 12.2. The van der Waals surface area contributed by atoms with Crippen molar-refractivity contribution in [1.82, 2.24) is 15.5 Å². The number of nitrogens with one attached hydrogen (secondary N) is 2. The largest absolute Gasteiger partial charge is 0.355 e. The minimum Gasteiger partial charge on any atom is -0.355 e. The van der Waals surface area contributed by atoms with Crippen LogP contribution in [0.15, 0.2) is 16.4 Å². The van der Waals surface area contributed by atoms with Crippen LogP contribution in [0.5, 0.6) is 0 Å². The van der Waals surface area contributed by atoms with Gasteiger partial charge in [0.1, 0.15) is 0 Å². The quantitative estimate of drug-likeness (QED) is 0.332. The van der Waals surface area contributed by atoms with Crippen molar-refractivity contribution in [3.8, 4) is 0 Å². The maximum atomic E-state index is 12.2. The van der Waals surface area contributed by atoms with E-state index in [4.69, 9.17) is 0 Å². The molecule has 2 N–H and O–H groups in total. The average Bonchev–Trinajstić information content (AvgIpc) is 3.18. The number of aliphatic imine (C=N–C) groups is 1. The Balaban J connectivity index is 0.00000280. The van der Waals surface area contributed by atoms with Gasteiger partial charge in [-0.3, -0.25) is 14.1 Å². The topological polar surface area (TPSA) is 56.7 Å². The summed E-state index contributed by atoms with van der Waals surface area (Å²) in [5.74, 6) is 1.65. The Morgan fingerprint density at radius 2 is 2.29 bits per heavy atom. The lowest BCUT2D eigenvalue weighted by molar-refractivity contribution is 0.192. The van der Waals surface area contributed by atoms with Crippen molar-refractivity contribution in [3.05, 3.63) is 21.9 Å². The van der Waals surface area contributed by atoms with Crippen molar-refractivity contribution in [2.45, 2.75) is 69.8 Å². The van der Waals surface area contributed by atoms with Gasteiger partial charge in [0.05, 0.1) is 0 Å². The predicted molar refractivity (Wildman–Crippen MR) is 133 cm³/mol. The highest BCUT2D eigenvalue weighted by atomic mass is 127. The zero-order valence-corrected chi connectivity index (χ0v) is 21.2. The third-order valence-electron chi connectivity index (χ3n) is 5.87. The molecule has 1 aromatic heterocycles. The monoisotopic (exact) mass is 538 g/mol. The molecule has 0 aromatic carbocycles. The van der Waals surface area contributed by atoms with E-state index in [-0.39, 0.29) is 24.0 Å². The van der Waals surface area contributed by atoms with Gasteiger partial charge in [-0.25, -0.2) is 0 Å². The van der Waals surface area contributed by atoms with Gasteiger partial charge in [0.15, 0.2) is 5.96 Å². The standard InChI is InChI=1S/C20H34N4OS2.HI/c1-4-27(25)18-7-5-6-17(12-18)23-20(21-3)22-13-15(2)24-10-8-19-16(14-24)9-11-26-19;/h9,11,15,17-18H,4-8,10,12-14H2,1-3H3,(H2,21,22,23);1H. The SMILES string of the molecule is CCS(=O)C1CCCC(NC(=NC)NCC(C)N2CCc3sccc3C2)C1.I. The summed E-state index contributed by atoms with van der Waals surface area (Å²) in [6.45, 7) is 7.39. The van der Waals surface area contributed by atoms with Crippen molar-refractivity contribution in [2.24, 2.45) is 4.99 Å². The highest BCUT2D eigenvalue weighted by Crippen LogP contribution is 2.25. The first-order valence-electron chi connectivity index (χ1n) is 10.2. The lowest BCUT2D eigenvalue weighted by Crippen LogP contribution is -2.50. The van der Waals surface area contributed by atoms with Crippen LogP contribution >= 0.6 is 35.3 Å². The zero-order valence-electron chi connectivity index (χ0n) is 17.3. The Kier molecular flexibility index (Phi) is 10.2. The van der Waals surface area contributed by atoms with Crippen LogP contribution in [0.4, 0.5) is 0 Å². The molecular formula is C20H35IN4OS2. The first-order chi connectivity index (χ1) is 13.1. The Hall–Kier alpha value is -0.190. The van der Waals surface area contributed by atoms with Gasteiger partial charge in [-0.2, -0.15) is 0 Å².